The molecule has 0 aromatic heterocycles. The molecule has 1 aromatic carbocycles. The van der Waals surface area contributed by atoms with E-state index in [2.05, 4.69) is 0 Å². The summed E-state index contributed by atoms with van der Waals surface area (Å²) < 4.78 is 5.39. The van der Waals surface area contributed by atoms with Crippen molar-refractivity contribution in [1.29, 1.82) is 0 Å². The van der Waals surface area contributed by atoms with E-state index in [9.17, 15) is 0 Å². The average molecular weight is 166 g/mol. The van der Waals surface area contributed by atoms with Crippen molar-refractivity contribution in [2.24, 2.45) is 0 Å². The first-order valence-corrected chi connectivity index (χ1v) is 4.06. The number of rotatable bonds is 3. The predicted octanol–water partition coefficient (Wildman–Crippen LogP) is 1.75. The quantitative estimate of drug-likeness (QED) is 0.741. The monoisotopic (exact) mass is 166 g/mol. The minimum absolute atomic E-state index is 0.0495. The second kappa shape index (κ2) is 4.12. The van der Waals surface area contributed by atoms with Gasteiger partial charge in [-0.05, 0) is 31.5 Å². The number of benzene rings is 1. The van der Waals surface area contributed by atoms with E-state index in [-0.39, 0.29) is 12.7 Å². The third-order valence-electron chi connectivity index (χ3n) is 1.58. The summed E-state index contributed by atoms with van der Waals surface area (Å²) in [6.45, 7) is 3.90. The van der Waals surface area contributed by atoms with Gasteiger partial charge in [-0.3, -0.25) is 0 Å². The summed E-state index contributed by atoms with van der Waals surface area (Å²) >= 11 is 0. The normalized spacial score (nSPS) is 12.6. The Morgan fingerprint density at radius 1 is 1.50 bits per heavy atom. The van der Waals surface area contributed by atoms with Gasteiger partial charge in [0, 0.05) is 0 Å². The van der Waals surface area contributed by atoms with Crippen LogP contribution in [-0.4, -0.2) is 17.8 Å². The summed E-state index contributed by atoms with van der Waals surface area (Å²) in [4.78, 5) is 0. The van der Waals surface area contributed by atoms with E-state index < -0.39 is 0 Å². The number of aliphatic hydroxyl groups excluding tert-OH is 1. The van der Waals surface area contributed by atoms with E-state index in [0.29, 0.717) is 0 Å². The van der Waals surface area contributed by atoms with Gasteiger partial charge < -0.3 is 9.84 Å². The van der Waals surface area contributed by atoms with Crippen LogP contribution in [0.5, 0.6) is 5.75 Å². The van der Waals surface area contributed by atoms with Crippen LogP contribution in [-0.2, 0) is 0 Å². The molecule has 1 N–H and O–H groups in total. The van der Waals surface area contributed by atoms with Crippen molar-refractivity contribution in [3.63, 3.8) is 0 Å². The SMILES string of the molecule is Cc1cccc(O[C@H](C)CO)c1. The van der Waals surface area contributed by atoms with Crippen LogP contribution in [0.4, 0.5) is 0 Å². The van der Waals surface area contributed by atoms with Gasteiger partial charge in [0.05, 0.1) is 6.61 Å². The first-order chi connectivity index (χ1) is 5.72. The van der Waals surface area contributed by atoms with Crippen LogP contribution >= 0.6 is 0 Å². The molecule has 0 aliphatic rings. The standard InChI is InChI=1S/C10H14O2/c1-8-4-3-5-10(6-8)12-9(2)7-11/h3-6,9,11H,7H2,1-2H3/t9-/m1/s1. The highest BCUT2D eigenvalue weighted by Gasteiger charge is 2.00. The second-order valence-electron chi connectivity index (χ2n) is 2.93. The smallest absolute Gasteiger partial charge is 0.120 e. The van der Waals surface area contributed by atoms with Crippen LogP contribution in [0.1, 0.15) is 12.5 Å². The van der Waals surface area contributed by atoms with Crippen molar-refractivity contribution in [3.8, 4) is 5.75 Å². The molecular formula is C10H14O2. The predicted molar refractivity (Wildman–Crippen MR) is 48.4 cm³/mol. The van der Waals surface area contributed by atoms with Crippen LogP contribution in [0.15, 0.2) is 24.3 Å². The van der Waals surface area contributed by atoms with Gasteiger partial charge in [-0.15, -0.1) is 0 Å². The van der Waals surface area contributed by atoms with E-state index in [0.717, 1.165) is 11.3 Å². The first kappa shape index (κ1) is 9.07. The Morgan fingerprint density at radius 3 is 2.83 bits per heavy atom. The Morgan fingerprint density at radius 2 is 2.25 bits per heavy atom. The lowest BCUT2D eigenvalue weighted by Gasteiger charge is -2.11. The Labute approximate surface area is 72.8 Å². The van der Waals surface area contributed by atoms with E-state index in [1.165, 1.54) is 0 Å². The van der Waals surface area contributed by atoms with Crippen molar-refractivity contribution in [3.05, 3.63) is 29.8 Å². The zero-order valence-electron chi connectivity index (χ0n) is 7.45. The maximum Gasteiger partial charge on any atom is 0.120 e. The van der Waals surface area contributed by atoms with Gasteiger partial charge in [0.1, 0.15) is 11.9 Å². The Balaban J connectivity index is 2.63. The molecule has 0 aliphatic heterocycles. The number of aryl methyl sites for hydroxylation is 1. The summed E-state index contributed by atoms with van der Waals surface area (Å²) in [6.07, 6.45) is -0.133. The molecule has 1 atom stereocenters. The van der Waals surface area contributed by atoms with Crippen LogP contribution in [0.3, 0.4) is 0 Å². The maximum atomic E-state index is 8.74. The zero-order valence-corrected chi connectivity index (χ0v) is 7.45. The van der Waals surface area contributed by atoms with Crippen molar-refractivity contribution in [2.45, 2.75) is 20.0 Å². The molecule has 0 fully saturated rings. The maximum absolute atomic E-state index is 8.74. The van der Waals surface area contributed by atoms with E-state index in [4.69, 9.17) is 9.84 Å². The number of ether oxygens (including phenoxy) is 1. The molecule has 0 unspecified atom stereocenters. The van der Waals surface area contributed by atoms with Gasteiger partial charge in [0.2, 0.25) is 0 Å². The summed E-state index contributed by atoms with van der Waals surface area (Å²) in [5, 5.41) is 8.74. The molecule has 0 amide bonds. The lowest BCUT2D eigenvalue weighted by Crippen LogP contribution is -2.16. The van der Waals surface area contributed by atoms with Gasteiger partial charge in [-0.25, -0.2) is 0 Å². The van der Waals surface area contributed by atoms with Gasteiger partial charge >= 0.3 is 0 Å². The Hall–Kier alpha value is -1.02. The Kier molecular flexibility index (Phi) is 3.11. The summed E-state index contributed by atoms with van der Waals surface area (Å²) in [7, 11) is 0. The summed E-state index contributed by atoms with van der Waals surface area (Å²) in [5.74, 6) is 0.816. The van der Waals surface area contributed by atoms with Crippen LogP contribution in [0.25, 0.3) is 0 Å². The minimum Gasteiger partial charge on any atom is -0.488 e. The van der Waals surface area contributed by atoms with Crippen molar-refractivity contribution in [1.82, 2.24) is 0 Å². The molecule has 2 nitrogen and oxygen atoms in total. The molecule has 66 valence electrons. The van der Waals surface area contributed by atoms with E-state index in [1.807, 2.05) is 38.1 Å². The van der Waals surface area contributed by atoms with Gasteiger partial charge in [0.25, 0.3) is 0 Å². The topological polar surface area (TPSA) is 29.5 Å². The first-order valence-electron chi connectivity index (χ1n) is 4.06. The molecule has 12 heavy (non-hydrogen) atoms. The molecule has 0 radical (unpaired) electrons. The molecule has 0 saturated heterocycles. The summed E-state index contributed by atoms with van der Waals surface area (Å²) in [5.41, 5.74) is 1.16. The second-order valence-corrected chi connectivity index (χ2v) is 2.93. The van der Waals surface area contributed by atoms with Crippen molar-refractivity contribution in [2.75, 3.05) is 6.61 Å². The fraction of sp³-hybridized carbons (Fsp3) is 0.400. The van der Waals surface area contributed by atoms with Crippen LogP contribution < -0.4 is 4.74 Å². The molecule has 1 rings (SSSR count). The van der Waals surface area contributed by atoms with Gasteiger partial charge in [-0.1, -0.05) is 12.1 Å². The lowest BCUT2D eigenvalue weighted by atomic mass is 10.2. The van der Waals surface area contributed by atoms with Crippen LogP contribution in [0, 0.1) is 6.92 Å². The minimum atomic E-state index is -0.133. The molecule has 0 bridgehead atoms. The lowest BCUT2D eigenvalue weighted by molar-refractivity contribution is 0.129. The van der Waals surface area contributed by atoms with Gasteiger partial charge in [-0.2, -0.15) is 0 Å². The third-order valence-corrected chi connectivity index (χ3v) is 1.58. The number of hydrogen-bond acceptors (Lipinski definition) is 2. The molecule has 2 heteroatoms. The van der Waals surface area contributed by atoms with Gasteiger partial charge in [0.15, 0.2) is 0 Å². The highest BCUT2D eigenvalue weighted by molar-refractivity contribution is 5.27. The molecule has 0 heterocycles. The molecule has 0 saturated carbocycles. The molecular weight excluding hydrogens is 152 g/mol. The largest absolute Gasteiger partial charge is 0.488 e. The van der Waals surface area contributed by atoms with Crippen molar-refractivity contribution < 1.29 is 9.84 Å². The molecule has 1 aromatic rings. The third kappa shape index (κ3) is 2.55. The average Bonchev–Trinajstić information content (AvgIpc) is 2.04. The number of hydrogen-bond donors (Lipinski definition) is 1. The highest BCUT2D eigenvalue weighted by Crippen LogP contribution is 2.13. The highest BCUT2D eigenvalue weighted by atomic mass is 16.5. The Bertz CT molecular complexity index is 245. The number of aliphatic hydroxyl groups is 1. The van der Waals surface area contributed by atoms with E-state index >= 15 is 0 Å². The summed E-state index contributed by atoms with van der Waals surface area (Å²) in [6, 6.07) is 7.79. The fourth-order valence-corrected chi connectivity index (χ4v) is 0.958. The van der Waals surface area contributed by atoms with Crippen molar-refractivity contribution >= 4 is 0 Å². The fourth-order valence-electron chi connectivity index (χ4n) is 0.958. The molecule has 0 spiro atoms. The molecule has 0 aliphatic carbocycles. The van der Waals surface area contributed by atoms with E-state index in [1.54, 1.807) is 0 Å². The zero-order chi connectivity index (χ0) is 8.97. The van der Waals surface area contributed by atoms with Crippen LogP contribution in [0.2, 0.25) is 0 Å².